The van der Waals surface area contributed by atoms with Crippen LogP contribution in [0.5, 0.6) is 0 Å². The van der Waals surface area contributed by atoms with Gasteiger partial charge in [-0.15, -0.1) is 0 Å². The average Bonchev–Trinajstić information content (AvgIpc) is 2.38. The minimum absolute atomic E-state index is 0.278. The predicted molar refractivity (Wildman–Crippen MR) is 68.0 cm³/mol. The smallest absolute Gasteiger partial charge is 0.0742 e. The normalized spacial score (nSPS) is 21.6. The molecule has 2 rings (SSSR count). The van der Waals surface area contributed by atoms with E-state index in [-0.39, 0.29) is 6.61 Å². The van der Waals surface area contributed by atoms with E-state index in [4.69, 9.17) is 9.84 Å². The second-order valence-corrected chi connectivity index (χ2v) is 4.56. The van der Waals surface area contributed by atoms with Crippen LogP contribution in [0.3, 0.4) is 0 Å². The summed E-state index contributed by atoms with van der Waals surface area (Å²) >= 11 is 0. The van der Waals surface area contributed by atoms with Crippen molar-refractivity contribution in [3.8, 4) is 0 Å². The lowest BCUT2D eigenvalue weighted by atomic mass is 10.1. The van der Waals surface area contributed by atoms with Crippen molar-refractivity contribution in [3.63, 3.8) is 0 Å². The number of rotatable bonds is 5. The van der Waals surface area contributed by atoms with Crippen molar-refractivity contribution in [2.45, 2.75) is 18.9 Å². The molecule has 1 N–H and O–H groups in total. The largest absolute Gasteiger partial charge is 0.396 e. The maximum absolute atomic E-state index is 8.84. The van der Waals surface area contributed by atoms with Crippen LogP contribution < -0.4 is 0 Å². The maximum Gasteiger partial charge on any atom is 0.0742 e. The molecule has 0 bridgehead atoms. The lowest BCUT2D eigenvalue weighted by molar-refractivity contribution is -0.0288. The third-order valence-corrected chi connectivity index (χ3v) is 3.16. The molecular formula is C14H21NO2. The number of aliphatic hydroxyl groups is 1. The van der Waals surface area contributed by atoms with Crippen LogP contribution in [0.1, 0.15) is 12.0 Å². The molecule has 1 aliphatic heterocycles. The number of hydrogen-bond acceptors (Lipinski definition) is 3. The second-order valence-electron chi connectivity index (χ2n) is 4.56. The number of benzene rings is 1. The summed E-state index contributed by atoms with van der Waals surface area (Å²) in [6.45, 7) is 4.04. The van der Waals surface area contributed by atoms with Gasteiger partial charge in [-0.2, -0.15) is 0 Å². The Kier molecular flexibility index (Phi) is 4.98. The highest BCUT2D eigenvalue weighted by Gasteiger charge is 2.19. The third-order valence-electron chi connectivity index (χ3n) is 3.16. The van der Waals surface area contributed by atoms with Crippen LogP contribution in [0.4, 0.5) is 0 Å². The second kappa shape index (κ2) is 6.74. The summed E-state index contributed by atoms with van der Waals surface area (Å²) in [5, 5.41) is 8.84. The Hall–Kier alpha value is -0.900. The molecule has 1 aromatic carbocycles. The molecule has 0 aromatic heterocycles. The zero-order valence-corrected chi connectivity index (χ0v) is 10.2. The number of morpholine rings is 1. The molecule has 3 nitrogen and oxygen atoms in total. The molecular weight excluding hydrogens is 214 g/mol. The van der Waals surface area contributed by atoms with Crippen molar-refractivity contribution in [3.05, 3.63) is 35.9 Å². The lowest BCUT2D eigenvalue weighted by Crippen LogP contribution is -2.43. The Balaban J connectivity index is 1.81. The van der Waals surface area contributed by atoms with Gasteiger partial charge < -0.3 is 9.84 Å². The van der Waals surface area contributed by atoms with E-state index in [1.807, 2.05) is 6.07 Å². The van der Waals surface area contributed by atoms with Crippen molar-refractivity contribution in [1.29, 1.82) is 0 Å². The van der Waals surface area contributed by atoms with Crippen LogP contribution >= 0.6 is 0 Å². The van der Waals surface area contributed by atoms with Gasteiger partial charge in [-0.1, -0.05) is 30.3 Å². The van der Waals surface area contributed by atoms with Gasteiger partial charge in [-0.25, -0.2) is 0 Å². The van der Waals surface area contributed by atoms with E-state index in [1.54, 1.807) is 0 Å². The summed E-state index contributed by atoms with van der Waals surface area (Å²) in [6, 6.07) is 10.5. The first kappa shape index (κ1) is 12.6. The van der Waals surface area contributed by atoms with E-state index in [9.17, 15) is 0 Å². The Labute approximate surface area is 103 Å². The van der Waals surface area contributed by atoms with Gasteiger partial charge in [0.2, 0.25) is 0 Å². The lowest BCUT2D eigenvalue weighted by Gasteiger charge is -2.32. The van der Waals surface area contributed by atoms with E-state index in [1.165, 1.54) is 5.56 Å². The van der Waals surface area contributed by atoms with Crippen LogP contribution in [-0.2, 0) is 11.2 Å². The summed E-state index contributed by atoms with van der Waals surface area (Å²) in [7, 11) is 0. The highest BCUT2D eigenvalue weighted by atomic mass is 16.5. The topological polar surface area (TPSA) is 32.7 Å². The van der Waals surface area contributed by atoms with Crippen molar-refractivity contribution >= 4 is 0 Å². The monoisotopic (exact) mass is 235 g/mol. The van der Waals surface area contributed by atoms with Crippen molar-refractivity contribution in [2.24, 2.45) is 0 Å². The van der Waals surface area contributed by atoms with E-state index in [0.717, 1.165) is 39.1 Å². The first-order chi connectivity index (χ1) is 8.38. The zero-order valence-electron chi connectivity index (χ0n) is 10.2. The molecule has 0 saturated carbocycles. The maximum atomic E-state index is 8.84. The fourth-order valence-corrected chi connectivity index (χ4v) is 2.28. The van der Waals surface area contributed by atoms with Crippen molar-refractivity contribution < 1.29 is 9.84 Å². The van der Waals surface area contributed by atoms with E-state index < -0.39 is 0 Å². The molecule has 1 fully saturated rings. The van der Waals surface area contributed by atoms with Crippen LogP contribution in [-0.4, -0.2) is 49.0 Å². The van der Waals surface area contributed by atoms with Gasteiger partial charge in [0.15, 0.2) is 0 Å². The highest BCUT2D eigenvalue weighted by molar-refractivity contribution is 5.15. The summed E-state index contributed by atoms with van der Waals surface area (Å²) in [5.74, 6) is 0. The summed E-state index contributed by atoms with van der Waals surface area (Å²) in [4.78, 5) is 2.38. The molecule has 1 saturated heterocycles. The molecule has 1 unspecified atom stereocenters. The van der Waals surface area contributed by atoms with Gasteiger partial charge in [0.05, 0.1) is 12.7 Å². The van der Waals surface area contributed by atoms with Crippen LogP contribution in [0, 0.1) is 0 Å². The SMILES string of the molecule is OCCCN1CCOC(Cc2ccccc2)C1. The average molecular weight is 235 g/mol. The Morgan fingerprint density at radius 2 is 2.12 bits per heavy atom. The molecule has 1 atom stereocenters. The van der Waals surface area contributed by atoms with Gasteiger partial charge in [-0.05, 0) is 18.4 Å². The standard InChI is InChI=1S/C14H21NO2/c16-9-4-7-15-8-10-17-14(12-15)11-13-5-2-1-3-6-13/h1-3,5-6,14,16H,4,7-12H2. The minimum Gasteiger partial charge on any atom is -0.396 e. The molecule has 17 heavy (non-hydrogen) atoms. The summed E-state index contributed by atoms with van der Waals surface area (Å²) in [5.41, 5.74) is 1.33. The molecule has 0 radical (unpaired) electrons. The van der Waals surface area contributed by atoms with Gasteiger partial charge in [0.25, 0.3) is 0 Å². The van der Waals surface area contributed by atoms with E-state index in [0.29, 0.717) is 6.10 Å². The molecule has 1 heterocycles. The Morgan fingerprint density at radius 1 is 1.29 bits per heavy atom. The third kappa shape index (κ3) is 4.11. The first-order valence-corrected chi connectivity index (χ1v) is 6.37. The fourth-order valence-electron chi connectivity index (χ4n) is 2.28. The summed E-state index contributed by atoms with van der Waals surface area (Å²) < 4.78 is 5.79. The molecule has 0 spiro atoms. The van der Waals surface area contributed by atoms with Crippen LogP contribution in [0.2, 0.25) is 0 Å². The van der Waals surface area contributed by atoms with Gasteiger partial charge in [0, 0.05) is 26.2 Å². The van der Waals surface area contributed by atoms with Crippen molar-refractivity contribution in [1.82, 2.24) is 4.90 Å². The number of nitrogens with zero attached hydrogens (tertiary/aromatic N) is 1. The molecule has 1 aliphatic rings. The van der Waals surface area contributed by atoms with E-state index >= 15 is 0 Å². The highest BCUT2D eigenvalue weighted by Crippen LogP contribution is 2.11. The quantitative estimate of drug-likeness (QED) is 0.835. The minimum atomic E-state index is 0.278. The van der Waals surface area contributed by atoms with E-state index in [2.05, 4.69) is 29.2 Å². The predicted octanol–water partition coefficient (Wildman–Crippen LogP) is 1.31. The fraction of sp³-hybridized carbons (Fsp3) is 0.571. The van der Waals surface area contributed by atoms with Gasteiger partial charge >= 0.3 is 0 Å². The van der Waals surface area contributed by atoms with Crippen LogP contribution in [0.15, 0.2) is 30.3 Å². The van der Waals surface area contributed by atoms with Gasteiger partial charge in [-0.3, -0.25) is 4.90 Å². The number of aliphatic hydroxyl groups excluding tert-OH is 1. The molecule has 94 valence electrons. The molecule has 3 heteroatoms. The zero-order chi connectivity index (χ0) is 11.9. The summed E-state index contributed by atoms with van der Waals surface area (Å²) in [6.07, 6.45) is 2.14. The number of ether oxygens (including phenoxy) is 1. The molecule has 1 aromatic rings. The first-order valence-electron chi connectivity index (χ1n) is 6.37. The number of hydrogen-bond donors (Lipinski definition) is 1. The van der Waals surface area contributed by atoms with Gasteiger partial charge in [0.1, 0.15) is 0 Å². The Morgan fingerprint density at radius 3 is 2.88 bits per heavy atom. The molecule has 0 aliphatic carbocycles. The Bertz CT molecular complexity index is 315. The van der Waals surface area contributed by atoms with Crippen molar-refractivity contribution in [2.75, 3.05) is 32.8 Å². The van der Waals surface area contributed by atoms with Crippen LogP contribution in [0.25, 0.3) is 0 Å². The molecule has 0 amide bonds.